The molecule has 0 nitrogen and oxygen atoms in total. The third-order valence-electron chi connectivity index (χ3n) is 2.83. The van der Waals surface area contributed by atoms with E-state index in [1.165, 1.54) is 16.7 Å². The molecular formula is C13H16. The summed E-state index contributed by atoms with van der Waals surface area (Å²) in [4.78, 5) is 0. The lowest BCUT2D eigenvalue weighted by molar-refractivity contribution is 0.863. The number of fused-ring (bicyclic) bond motifs is 1. The maximum atomic E-state index is 2.32. The molecule has 0 saturated heterocycles. The number of rotatable bonds is 1. The highest BCUT2D eigenvalue weighted by Crippen LogP contribution is 2.31. The average molecular weight is 172 g/mol. The lowest BCUT2D eigenvalue weighted by Crippen LogP contribution is -1.91. The fourth-order valence-electron chi connectivity index (χ4n) is 1.86. The summed E-state index contributed by atoms with van der Waals surface area (Å²) in [6, 6.07) is 6.85. The smallest absolute Gasteiger partial charge is 0.000117 e. The molecule has 0 saturated carbocycles. The molecule has 1 aromatic carbocycles. The van der Waals surface area contributed by atoms with E-state index >= 15 is 0 Å². The Balaban J connectivity index is 2.45. The van der Waals surface area contributed by atoms with E-state index in [9.17, 15) is 0 Å². The van der Waals surface area contributed by atoms with Crippen molar-refractivity contribution in [2.75, 3.05) is 0 Å². The van der Waals surface area contributed by atoms with E-state index in [4.69, 9.17) is 0 Å². The van der Waals surface area contributed by atoms with E-state index in [1.807, 2.05) is 0 Å². The van der Waals surface area contributed by atoms with Gasteiger partial charge in [0.2, 0.25) is 0 Å². The van der Waals surface area contributed by atoms with E-state index in [2.05, 4.69) is 51.1 Å². The summed E-state index contributed by atoms with van der Waals surface area (Å²) in [7, 11) is 0. The summed E-state index contributed by atoms with van der Waals surface area (Å²) < 4.78 is 0. The standard InChI is InChI=1S/C13H16/c1-9(2)11-6-7-13-10(3)4-5-12(13)8-11/h4-10H,1-3H3. The van der Waals surface area contributed by atoms with Gasteiger partial charge in [-0.15, -0.1) is 0 Å². The van der Waals surface area contributed by atoms with Gasteiger partial charge in [-0.25, -0.2) is 0 Å². The quantitative estimate of drug-likeness (QED) is 0.602. The van der Waals surface area contributed by atoms with Gasteiger partial charge in [0.15, 0.2) is 0 Å². The van der Waals surface area contributed by atoms with Crippen LogP contribution in [0.25, 0.3) is 6.08 Å². The maximum Gasteiger partial charge on any atom is -0.000117 e. The maximum absolute atomic E-state index is 2.32. The monoisotopic (exact) mass is 172 g/mol. The van der Waals surface area contributed by atoms with Gasteiger partial charge in [-0.3, -0.25) is 0 Å². The SMILES string of the molecule is CC(C)c1ccc2c(c1)C=CC2C. The summed E-state index contributed by atoms with van der Waals surface area (Å²) >= 11 is 0. The molecule has 1 atom stereocenters. The second-order valence-corrected chi connectivity index (χ2v) is 4.19. The van der Waals surface area contributed by atoms with Crippen LogP contribution in [0.3, 0.4) is 0 Å². The molecule has 0 radical (unpaired) electrons. The summed E-state index contributed by atoms with van der Waals surface area (Å²) in [5.41, 5.74) is 4.33. The largest absolute Gasteiger partial charge is 0.0767 e. The molecule has 13 heavy (non-hydrogen) atoms. The molecule has 0 spiro atoms. The van der Waals surface area contributed by atoms with Crippen LogP contribution in [0.2, 0.25) is 0 Å². The van der Waals surface area contributed by atoms with Crippen molar-refractivity contribution in [2.24, 2.45) is 0 Å². The van der Waals surface area contributed by atoms with Crippen LogP contribution in [0.15, 0.2) is 24.3 Å². The van der Waals surface area contributed by atoms with E-state index < -0.39 is 0 Å². The number of hydrogen-bond acceptors (Lipinski definition) is 0. The van der Waals surface area contributed by atoms with Crippen molar-refractivity contribution < 1.29 is 0 Å². The van der Waals surface area contributed by atoms with Crippen LogP contribution in [-0.4, -0.2) is 0 Å². The van der Waals surface area contributed by atoms with Gasteiger partial charge in [-0.2, -0.15) is 0 Å². The van der Waals surface area contributed by atoms with Crippen molar-refractivity contribution in [1.82, 2.24) is 0 Å². The highest BCUT2D eigenvalue weighted by molar-refractivity contribution is 5.63. The van der Waals surface area contributed by atoms with Crippen molar-refractivity contribution in [3.63, 3.8) is 0 Å². The van der Waals surface area contributed by atoms with Crippen molar-refractivity contribution in [2.45, 2.75) is 32.6 Å². The molecule has 68 valence electrons. The summed E-state index contributed by atoms with van der Waals surface area (Å²) in [6.45, 7) is 6.73. The first-order chi connectivity index (χ1) is 6.18. The second-order valence-electron chi connectivity index (χ2n) is 4.19. The van der Waals surface area contributed by atoms with Gasteiger partial charge in [0.05, 0.1) is 0 Å². The van der Waals surface area contributed by atoms with Crippen molar-refractivity contribution in [1.29, 1.82) is 0 Å². The van der Waals surface area contributed by atoms with Crippen LogP contribution in [0.1, 0.15) is 49.3 Å². The van der Waals surface area contributed by atoms with Gasteiger partial charge >= 0.3 is 0 Å². The number of benzene rings is 1. The predicted octanol–water partition coefficient (Wildman–Crippen LogP) is 3.94. The third-order valence-corrected chi connectivity index (χ3v) is 2.83. The van der Waals surface area contributed by atoms with Gasteiger partial charge in [0, 0.05) is 0 Å². The Kier molecular flexibility index (Phi) is 1.99. The molecule has 0 N–H and O–H groups in total. The lowest BCUT2D eigenvalue weighted by Gasteiger charge is -2.09. The fraction of sp³-hybridized carbons (Fsp3) is 0.385. The highest BCUT2D eigenvalue weighted by atomic mass is 14.2. The van der Waals surface area contributed by atoms with E-state index in [0.717, 1.165) is 0 Å². The Morgan fingerprint density at radius 2 is 2.00 bits per heavy atom. The first-order valence-electron chi connectivity index (χ1n) is 5.00. The number of allylic oxidation sites excluding steroid dienone is 1. The average Bonchev–Trinajstić information content (AvgIpc) is 2.47. The normalized spacial score (nSPS) is 19.5. The molecule has 0 heteroatoms. The lowest BCUT2D eigenvalue weighted by atomic mass is 9.96. The topological polar surface area (TPSA) is 0 Å². The minimum absolute atomic E-state index is 0.608. The molecule has 2 rings (SSSR count). The molecule has 0 amide bonds. The molecule has 1 aromatic rings. The van der Waals surface area contributed by atoms with Gasteiger partial charge in [-0.1, -0.05) is 51.1 Å². The van der Waals surface area contributed by atoms with Crippen LogP contribution in [0.5, 0.6) is 0 Å². The van der Waals surface area contributed by atoms with Crippen molar-refractivity contribution in [3.05, 3.63) is 41.0 Å². The Morgan fingerprint density at radius 1 is 1.23 bits per heavy atom. The minimum atomic E-state index is 0.608. The fourth-order valence-corrected chi connectivity index (χ4v) is 1.86. The highest BCUT2D eigenvalue weighted by Gasteiger charge is 2.13. The molecule has 1 aliphatic carbocycles. The summed E-state index contributed by atoms with van der Waals surface area (Å²) in [6.07, 6.45) is 4.51. The van der Waals surface area contributed by atoms with Crippen molar-refractivity contribution in [3.8, 4) is 0 Å². The van der Waals surface area contributed by atoms with Gasteiger partial charge in [0.25, 0.3) is 0 Å². The van der Waals surface area contributed by atoms with E-state index in [0.29, 0.717) is 11.8 Å². The molecule has 1 unspecified atom stereocenters. The van der Waals surface area contributed by atoms with E-state index in [1.54, 1.807) is 0 Å². The Bertz CT molecular complexity index is 345. The Hall–Kier alpha value is -1.04. The molecule has 0 aromatic heterocycles. The Labute approximate surface area is 80.3 Å². The first kappa shape index (κ1) is 8.55. The summed E-state index contributed by atoms with van der Waals surface area (Å²) in [5, 5.41) is 0. The molecule has 0 heterocycles. The molecular weight excluding hydrogens is 156 g/mol. The van der Waals surface area contributed by atoms with Crippen LogP contribution < -0.4 is 0 Å². The molecule has 1 aliphatic rings. The van der Waals surface area contributed by atoms with Gasteiger partial charge < -0.3 is 0 Å². The second kappa shape index (κ2) is 3.02. The predicted molar refractivity (Wildman–Crippen MR) is 58.0 cm³/mol. The first-order valence-corrected chi connectivity index (χ1v) is 5.00. The molecule has 0 fully saturated rings. The third kappa shape index (κ3) is 1.41. The number of hydrogen-bond donors (Lipinski definition) is 0. The van der Waals surface area contributed by atoms with Crippen molar-refractivity contribution >= 4 is 6.08 Å². The van der Waals surface area contributed by atoms with Gasteiger partial charge in [-0.05, 0) is 28.5 Å². The summed E-state index contributed by atoms with van der Waals surface area (Å²) in [5.74, 6) is 1.24. The van der Waals surface area contributed by atoms with E-state index in [-0.39, 0.29) is 0 Å². The van der Waals surface area contributed by atoms with Crippen LogP contribution in [0, 0.1) is 0 Å². The minimum Gasteiger partial charge on any atom is -0.0767 e. The Morgan fingerprint density at radius 3 is 2.69 bits per heavy atom. The van der Waals surface area contributed by atoms with Crippen LogP contribution in [0.4, 0.5) is 0 Å². The zero-order valence-corrected chi connectivity index (χ0v) is 8.54. The van der Waals surface area contributed by atoms with Crippen LogP contribution in [-0.2, 0) is 0 Å². The zero-order chi connectivity index (χ0) is 9.42. The zero-order valence-electron chi connectivity index (χ0n) is 8.54. The van der Waals surface area contributed by atoms with Crippen LogP contribution >= 0.6 is 0 Å². The molecule has 0 bridgehead atoms. The van der Waals surface area contributed by atoms with Gasteiger partial charge in [0.1, 0.15) is 0 Å². The molecule has 0 aliphatic heterocycles.